The molecule has 3 atom stereocenters. The molecule has 0 bridgehead atoms. The molecule has 7 heteroatoms. The van der Waals surface area contributed by atoms with E-state index in [4.69, 9.17) is 16.3 Å². The first-order valence-corrected chi connectivity index (χ1v) is 11.9. The van der Waals surface area contributed by atoms with Crippen LogP contribution in [-0.2, 0) is 20.7 Å². The van der Waals surface area contributed by atoms with E-state index in [1.165, 1.54) is 0 Å². The zero-order valence-corrected chi connectivity index (χ0v) is 19.5. The van der Waals surface area contributed by atoms with E-state index in [2.05, 4.69) is 0 Å². The number of imide groups is 1. The smallest absolute Gasteiger partial charge is 0.241 e. The Morgan fingerprint density at radius 2 is 1.43 bits per heavy atom. The average molecular weight is 486 g/mol. The lowest BCUT2D eigenvalue weighted by molar-refractivity contribution is -0.127. The minimum atomic E-state index is -2.11. The summed E-state index contributed by atoms with van der Waals surface area (Å²) in [7, 11) is 0. The Bertz CT molecular complexity index is 1410. The van der Waals surface area contributed by atoms with Crippen molar-refractivity contribution in [2.24, 2.45) is 11.8 Å². The number of carbonyl (C=O) groups is 4. The van der Waals surface area contributed by atoms with Gasteiger partial charge < -0.3 is 4.74 Å². The van der Waals surface area contributed by atoms with Gasteiger partial charge in [-0.25, -0.2) is 4.90 Å². The first-order valence-electron chi connectivity index (χ1n) is 11.5. The summed E-state index contributed by atoms with van der Waals surface area (Å²) in [5.74, 6) is -4.66. The number of aryl methyl sites for hydroxylation is 1. The fraction of sp³-hybridized carbons (Fsp3) is 0.214. The molecule has 0 N–H and O–H groups in total. The predicted octanol–water partition coefficient (Wildman–Crippen LogP) is 4.60. The maximum absolute atomic E-state index is 14.0. The largest absolute Gasteiger partial charge is 0.349 e. The second kappa shape index (κ2) is 7.70. The Morgan fingerprint density at radius 3 is 2.09 bits per heavy atom. The van der Waals surface area contributed by atoms with Gasteiger partial charge in [0.15, 0.2) is 0 Å². The second-order valence-electron chi connectivity index (χ2n) is 9.00. The first-order chi connectivity index (χ1) is 16.9. The summed E-state index contributed by atoms with van der Waals surface area (Å²) in [5.41, 5.74) is 0.0198. The van der Waals surface area contributed by atoms with Crippen molar-refractivity contribution in [3.05, 3.63) is 100 Å². The van der Waals surface area contributed by atoms with Gasteiger partial charge in [-0.2, -0.15) is 0 Å². The van der Waals surface area contributed by atoms with Crippen molar-refractivity contribution in [3.8, 4) is 0 Å². The summed E-state index contributed by atoms with van der Waals surface area (Å²) >= 11 is 6.48. The molecule has 3 aromatic rings. The molecule has 0 saturated carbocycles. The number of benzene rings is 3. The first kappa shape index (κ1) is 21.9. The highest BCUT2D eigenvalue weighted by molar-refractivity contribution is 6.37. The number of Topliss-reactive ketones (excluding diaryl/α,β-unsaturated/α-hetero) is 2. The van der Waals surface area contributed by atoms with Gasteiger partial charge in [-0.1, -0.05) is 79.2 Å². The molecule has 0 unspecified atom stereocenters. The van der Waals surface area contributed by atoms with Gasteiger partial charge in [-0.05, 0) is 24.1 Å². The van der Waals surface area contributed by atoms with Crippen LogP contribution >= 0.6 is 11.6 Å². The molecule has 35 heavy (non-hydrogen) atoms. The van der Waals surface area contributed by atoms with Crippen LogP contribution in [0.2, 0.25) is 5.02 Å². The fourth-order valence-corrected chi connectivity index (χ4v) is 6.01. The van der Waals surface area contributed by atoms with Crippen LogP contribution in [0.15, 0.2) is 72.8 Å². The van der Waals surface area contributed by atoms with Gasteiger partial charge >= 0.3 is 0 Å². The Labute approximate surface area is 206 Å². The van der Waals surface area contributed by atoms with E-state index >= 15 is 0 Å². The summed E-state index contributed by atoms with van der Waals surface area (Å²) in [6.07, 6.45) is -0.437. The minimum Gasteiger partial charge on any atom is -0.349 e. The van der Waals surface area contributed by atoms with Crippen LogP contribution in [0.5, 0.6) is 0 Å². The minimum absolute atomic E-state index is 0.198. The maximum Gasteiger partial charge on any atom is 0.241 e. The molecule has 174 valence electrons. The Hall–Kier alpha value is -3.61. The number of fused-ring (bicyclic) bond motifs is 3. The zero-order valence-electron chi connectivity index (χ0n) is 18.7. The molecule has 2 fully saturated rings. The van der Waals surface area contributed by atoms with Gasteiger partial charge in [0.1, 0.15) is 0 Å². The topological polar surface area (TPSA) is 80.8 Å². The molecule has 1 aliphatic carbocycles. The van der Waals surface area contributed by atoms with E-state index in [1.54, 1.807) is 60.7 Å². The van der Waals surface area contributed by atoms with Crippen LogP contribution in [0.3, 0.4) is 0 Å². The normalized spacial score (nSPS) is 24.4. The molecular weight excluding hydrogens is 466 g/mol. The Morgan fingerprint density at radius 1 is 0.829 bits per heavy atom. The highest BCUT2D eigenvalue weighted by Crippen LogP contribution is 2.58. The van der Waals surface area contributed by atoms with Crippen LogP contribution in [0, 0.1) is 11.8 Å². The van der Waals surface area contributed by atoms with Crippen LogP contribution in [-0.4, -0.2) is 29.0 Å². The number of hydrogen-bond acceptors (Lipinski definition) is 5. The third-order valence-corrected chi connectivity index (χ3v) is 7.69. The van der Waals surface area contributed by atoms with Crippen molar-refractivity contribution in [1.29, 1.82) is 0 Å². The van der Waals surface area contributed by atoms with E-state index in [0.29, 0.717) is 22.7 Å². The highest BCUT2D eigenvalue weighted by atomic mass is 35.5. The van der Waals surface area contributed by atoms with E-state index in [-0.39, 0.29) is 11.1 Å². The van der Waals surface area contributed by atoms with Gasteiger partial charge in [0.05, 0.1) is 23.6 Å². The summed E-state index contributed by atoms with van der Waals surface area (Å²) in [5, 5.41) is 0.330. The lowest BCUT2D eigenvalue weighted by Gasteiger charge is -2.28. The van der Waals surface area contributed by atoms with Crippen LogP contribution in [0.4, 0.5) is 5.69 Å². The van der Waals surface area contributed by atoms with Crippen molar-refractivity contribution in [2.45, 2.75) is 25.0 Å². The highest BCUT2D eigenvalue weighted by Gasteiger charge is 2.75. The molecule has 0 aromatic heterocycles. The molecular formula is C28H20ClNO5. The van der Waals surface area contributed by atoms with E-state index in [0.717, 1.165) is 10.5 Å². The molecule has 2 saturated heterocycles. The van der Waals surface area contributed by atoms with Gasteiger partial charge in [0.2, 0.25) is 29.0 Å². The SMILES string of the molecule is CCc1ccccc1N1C(=O)[C@@H]2[C@@H](c3ccccc3Cl)OC3(C(=O)c4ccccc4C3=O)[C@@H]2C1=O. The quantitative estimate of drug-likeness (QED) is 0.400. The Kier molecular flexibility index (Phi) is 4.82. The second-order valence-corrected chi connectivity index (χ2v) is 9.40. The van der Waals surface area contributed by atoms with Crippen molar-refractivity contribution < 1.29 is 23.9 Å². The summed E-state index contributed by atoms with van der Waals surface area (Å²) in [6, 6.07) is 20.4. The molecule has 2 amide bonds. The Balaban J connectivity index is 1.57. The number of amides is 2. The number of rotatable bonds is 3. The van der Waals surface area contributed by atoms with Crippen molar-refractivity contribution in [2.75, 3.05) is 4.90 Å². The van der Waals surface area contributed by atoms with Crippen molar-refractivity contribution >= 4 is 40.7 Å². The van der Waals surface area contributed by atoms with Gasteiger partial charge in [0.25, 0.3) is 0 Å². The van der Waals surface area contributed by atoms with Crippen molar-refractivity contribution in [3.63, 3.8) is 0 Å². The van der Waals surface area contributed by atoms with E-state index in [1.807, 2.05) is 19.1 Å². The van der Waals surface area contributed by atoms with Crippen LogP contribution in [0.1, 0.15) is 44.9 Å². The van der Waals surface area contributed by atoms with E-state index < -0.39 is 46.9 Å². The molecule has 2 heterocycles. The lowest BCUT2D eigenvalue weighted by Crippen LogP contribution is -2.51. The number of ether oxygens (including phenoxy) is 1. The lowest BCUT2D eigenvalue weighted by atomic mass is 9.77. The third kappa shape index (κ3) is 2.75. The molecule has 3 aromatic carbocycles. The predicted molar refractivity (Wildman–Crippen MR) is 128 cm³/mol. The molecule has 1 spiro atoms. The molecule has 2 aliphatic heterocycles. The summed E-state index contributed by atoms with van der Waals surface area (Å²) in [4.78, 5) is 56.7. The molecule has 6 rings (SSSR count). The molecule has 0 radical (unpaired) electrons. The maximum atomic E-state index is 14.0. The van der Waals surface area contributed by atoms with Crippen LogP contribution in [0.25, 0.3) is 0 Å². The number of hydrogen-bond donors (Lipinski definition) is 0. The van der Waals surface area contributed by atoms with Gasteiger partial charge in [-0.15, -0.1) is 0 Å². The number of halogens is 1. The third-order valence-electron chi connectivity index (χ3n) is 7.34. The van der Waals surface area contributed by atoms with Gasteiger partial charge in [-0.3, -0.25) is 19.2 Å². The summed E-state index contributed by atoms with van der Waals surface area (Å²) in [6.45, 7) is 1.93. The fourth-order valence-electron chi connectivity index (χ4n) is 5.77. The van der Waals surface area contributed by atoms with Crippen LogP contribution < -0.4 is 4.90 Å². The van der Waals surface area contributed by atoms with E-state index in [9.17, 15) is 19.2 Å². The summed E-state index contributed by atoms with van der Waals surface area (Å²) < 4.78 is 6.28. The number of anilines is 1. The molecule has 6 nitrogen and oxygen atoms in total. The van der Waals surface area contributed by atoms with Gasteiger partial charge in [0, 0.05) is 21.7 Å². The standard InChI is InChI=1S/C28H20ClNO5/c1-2-15-9-3-8-14-20(15)30-26(33)21-22(27(30)34)28(35-23(21)18-12-6-7-13-19(18)29)24(31)16-10-4-5-11-17(16)25(28)32/h3-14,21-23H,2H2,1H3/t21-,22-,23+/m0/s1. The van der Waals surface area contributed by atoms with Crippen molar-refractivity contribution in [1.82, 2.24) is 0 Å². The molecule has 3 aliphatic rings. The number of nitrogens with zero attached hydrogens (tertiary/aromatic N) is 1. The number of ketones is 2. The zero-order chi connectivity index (χ0) is 24.5. The number of para-hydroxylation sites is 1. The average Bonchev–Trinajstić information content (AvgIpc) is 3.44. The monoisotopic (exact) mass is 485 g/mol. The number of carbonyl (C=O) groups excluding carboxylic acids is 4.